The lowest BCUT2D eigenvalue weighted by Gasteiger charge is -2.21. The Morgan fingerprint density at radius 1 is 1.20 bits per heavy atom. The average Bonchev–Trinajstić information content (AvgIpc) is 2.10. The van der Waals surface area contributed by atoms with E-state index >= 15 is 0 Å². The lowest BCUT2D eigenvalue weighted by molar-refractivity contribution is -0.135. The maximum absolute atomic E-state index is 10.7. The van der Waals surface area contributed by atoms with Gasteiger partial charge in [-0.3, -0.25) is 0 Å². The number of aliphatic hydroxyl groups excluding tert-OH is 2. The van der Waals surface area contributed by atoms with Gasteiger partial charge in [0.2, 0.25) is 0 Å². The van der Waals surface area contributed by atoms with Gasteiger partial charge >= 0.3 is 11.9 Å². The quantitative estimate of drug-likeness (QED) is 0.540. The number of carbonyl (C=O) groups is 2. The SMILES string of the molecule is CC1C(O)=C(C(=O)O)CC(O)=C1C(=O)O. The minimum absolute atomic E-state index is 0.363. The van der Waals surface area contributed by atoms with Crippen molar-refractivity contribution >= 4 is 11.9 Å². The third-order valence-electron chi connectivity index (χ3n) is 2.30. The Kier molecular flexibility index (Phi) is 2.69. The summed E-state index contributed by atoms with van der Waals surface area (Å²) in [7, 11) is 0. The van der Waals surface area contributed by atoms with E-state index in [4.69, 9.17) is 10.2 Å². The number of aliphatic carboxylic acids is 2. The maximum atomic E-state index is 10.7. The number of rotatable bonds is 2. The first-order valence-corrected chi connectivity index (χ1v) is 4.16. The second-order valence-electron chi connectivity index (χ2n) is 3.23. The molecule has 0 aromatic carbocycles. The van der Waals surface area contributed by atoms with Crippen molar-refractivity contribution in [1.82, 2.24) is 0 Å². The minimum atomic E-state index is -1.37. The Balaban J connectivity index is 3.19. The minimum Gasteiger partial charge on any atom is -0.511 e. The van der Waals surface area contributed by atoms with E-state index in [0.717, 1.165) is 0 Å². The standard InChI is InChI=1S/C9H10O6/c1-3-6(9(14)15)5(10)2-4(7(3)11)8(12)13/h3,10-11H,2H2,1H3,(H,12,13)(H,14,15). The predicted molar refractivity (Wildman–Crippen MR) is 48.4 cm³/mol. The summed E-state index contributed by atoms with van der Waals surface area (Å²) in [5.74, 6) is -4.78. The molecule has 1 unspecified atom stereocenters. The molecule has 0 spiro atoms. The third kappa shape index (κ3) is 1.78. The zero-order valence-corrected chi connectivity index (χ0v) is 7.89. The maximum Gasteiger partial charge on any atom is 0.335 e. The van der Waals surface area contributed by atoms with Crippen LogP contribution in [0.3, 0.4) is 0 Å². The molecule has 6 heteroatoms. The van der Waals surface area contributed by atoms with Crippen LogP contribution in [0, 0.1) is 5.92 Å². The van der Waals surface area contributed by atoms with Crippen LogP contribution in [-0.2, 0) is 9.59 Å². The zero-order valence-electron chi connectivity index (χ0n) is 7.89. The van der Waals surface area contributed by atoms with Gasteiger partial charge in [0.25, 0.3) is 0 Å². The second-order valence-corrected chi connectivity index (χ2v) is 3.23. The molecule has 1 atom stereocenters. The van der Waals surface area contributed by atoms with Crippen molar-refractivity contribution in [3.63, 3.8) is 0 Å². The van der Waals surface area contributed by atoms with Crippen molar-refractivity contribution in [2.45, 2.75) is 13.3 Å². The first-order valence-electron chi connectivity index (χ1n) is 4.16. The van der Waals surface area contributed by atoms with Gasteiger partial charge in [-0.05, 0) is 0 Å². The van der Waals surface area contributed by atoms with E-state index in [-0.39, 0.29) is 11.1 Å². The van der Waals surface area contributed by atoms with Gasteiger partial charge in [0.05, 0.1) is 11.1 Å². The number of hydrogen-bond acceptors (Lipinski definition) is 4. The van der Waals surface area contributed by atoms with Crippen molar-refractivity contribution in [3.05, 3.63) is 22.7 Å². The van der Waals surface area contributed by atoms with Crippen LogP contribution in [0.2, 0.25) is 0 Å². The van der Waals surface area contributed by atoms with Crippen molar-refractivity contribution in [2.24, 2.45) is 5.92 Å². The molecule has 15 heavy (non-hydrogen) atoms. The Hall–Kier alpha value is -1.98. The molecule has 0 heterocycles. The van der Waals surface area contributed by atoms with Crippen LogP contribution in [0.5, 0.6) is 0 Å². The summed E-state index contributed by atoms with van der Waals surface area (Å²) in [4.78, 5) is 21.3. The van der Waals surface area contributed by atoms with E-state index in [1.54, 1.807) is 0 Å². The molecule has 0 aromatic rings. The van der Waals surface area contributed by atoms with Crippen LogP contribution in [0.4, 0.5) is 0 Å². The fourth-order valence-electron chi connectivity index (χ4n) is 1.50. The molecule has 0 saturated heterocycles. The van der Waals surface area contributed by atoms with Crippen molar-refractivity contribution in [2.75, 3.05) is 0 Å². The van der Waals surface area contributed by atoms with Gasteiger partial charge in [0, 0.05) is 12.3 Å². The fraction of sp³-hybridized carbons (Fsp3) is 0.333. The van der Waals surface area contributed by atoms with Gasteiger partial charge in [0.1, 0.15) is 11.5 Å². The Morgan fingerprint density at radius 3 is 2.13 bits per heavy atom. The number of allylic oxidation sites excluding steroid dienone is 2. The van der Waals surface area contributed by atoms with Crippen molar-refractivity contribution in [3.8, 4) is 0 Å². The van der Waals surface area contributed by atoms with E-state index in [1.165, 1.54) is 6.92 Å². The average molecular weight is 214 g/mol. The van der Waals surface area contributed by atoms with Crippen LogP contribution in [0.15, 0.2) is 22.7 Å². The van der Waals surface area contributed by atoms with Crippen molar-refractivity contribution in [1.29, 1.82) is 0 Å². The lowest BCUT2D eigenvalue weighted by atomic mass is 9.87. The Bertz CT molecular complexity index is 389. The largest absolute Gasteiger partial charge is 0.511 e. The predicted octanol–water partition coefficient (Wildman–Crippen LogP) is 0.820. The fourth-order valence-corrected chi connectivity index (χ4v) is 1.50. The third-order valence-corrected chi connectivity index (χ3v) is 2.30. The normalized spacial score (nSPS) is 21.8. The summed E-state index contributed by atoms with van der Waals surface area (Å²) < 4.78 is 0. The van der Waals surface area contributed by atoms with E-state index in [0.29, 0.717) is 0 Å². The molecule has 0 radical (unpaired) electrons. The number of carboxylic acids is 2. The highest BCUT2D eigenvalue weighted by Gasteiger charge is 2.33. The summed E-state index contributed by atoms with van der Waals surface area (Å²) in [6.45, 7) is 1.32. The first kappa shape index (κ1) is 11.1. The van der Waals surface area contributed by atoms with Crippen LogP contribution in [0.25, 0.3) is 0 Å². The van der Waals surface area contributed by atoms with Crippen LogP contribution in [-0.4, -0.2) is 32.4 Å². The number of carboxylic acid groups (broad SMARTS) is 2. The van der Waals surface area contributed by atoms with Gasteiger partial charge in [-0.15, -0.1) is 0 Å². The van der Waals surface area contributed by atoms with Crippen molar-refractivity contribution < 1.29 is 30.0 Å². The molecular weight excluding hydrogens is 204 g/mol. The topological polar surface area (TPSA) is 115 Å². The molecule has 82 valence electrons. The molecule has 4 N–H and O–H groups in total. The highest BCUT2D eigenvalue weighted by molar-refractivity contribution is 5.93. The molecule has 0 aromatic heterocycles. The number of aliphatic hydroxyl groups is 2. The summed E-state index contributed by atoms with van der Waals surface area (Å²) in [6, 6.07) is 0. The van der Waals surface area contributed by atoms with E-state index < -0.39 is 35.8 Å². The first-order chi connectivity index (χ1) is 6.86. The highest BCUT2D eigenvalue weighted by Crippen LogP contribution is 2.32. The lowest BCUT2D eigenvalue weighted by Crippen LogP contribution is -2.23. The van der Waals surface area contributed by atoms with Crippen LogP contribution < -0.4 is 0 Å². The van der Waals surface area contributed by atoms with Crippen LogP contribution >= 0.6 is 0 Å². The Labute approximate surface area is 84.8 Å². The van der Waals surface area contributed by atoms with E-state index in [9.17, 15) is 19.8 Å². The van der Waals surface area contributed by atoms with Gasteiger partial charge in [-0.1, -0.05) is 6.92 Å². The molecule has 0 saturated carbocycles. The molecule has 0 bridgehead atoms. The summed E-state index contributed by atoms with van der Waals surface area (Å²) >= 11 is 0. The zero-order chi connectivity index (χ0) is 11.7. The van der Waals surface area contributed by atoms with E-state index in [1.807, 2.05) is 0 Å². The molecule has 0 fully saturated rings. The molecule has 0 amide bonds. The summed E-state index contributed by atoms with van der Waals surface area (Å²) in [5.41, 5.74) is -0.734. The van der Waals surface area contributed by atoms with E-state index in [2.05, 4.69) is 0 Å². The molecule has 1 rings (SSSR count). The van der Waals surface area contributed by atoms with Gasteiger partial charge < -0.3 is 20.4 Å². The molecular formula is C9H10O6. The molecule has 6 nitrogen and oxygen atoms in total. The molecule has 1 aliphatic carbocycles. The summed E-state index contributed by atoms with van der Waals surface area (Å²) in [6.07, 6.45) is -0.465. The molecule has 1 aliphatic rings. The highest BCUT2D eigenvalue weighted by atomic mass is 16.4. The second kappa shape index (κ2) is 3.64. The van der Waals surface area contributed by atoms with Gasteiger partial charge in [-0.25, -0.2) is 9.59 Å². The monoisotopic (exact) mass is 214 g/mol. The van der Waals surface area contributed by atoms with Crippen LogP contribution in [0.1, 0.15) is 13.3 Å². The van der Waals surface area contributed by atoms with Gasteiger partial charge in [0.15, 0.2) is 0 Å². The van der Waals surface area contributed by atoms with Gasteiger partial charge in [-0.2, -0.15) is 0 Å². The Morgan fingerprint density at radius 2 is 1.73 bits per heavy atom. The molecule has 0 aliphatic heterocycles. The number of hydrogen-bond donors (Lipinski definition) is 4. The summed E-state index contributed by atoms with van der Waals surface area (Å²) in [5, 5.41) is 36.2. The smallest absolute Gasteiger partial charge is 0.335 e.